The molecule has 0 aromatic heterocycles. The van der Waals surface area contributed by atoms with Crippen LogP contribution in [0.25, 0.3) is 0 Å². The van der Waals surface area contributed by atoms with Crippen molar-refractivity contribution in [3.63, 3.8) is 0 Å². The highest BCUT2D eigenvalue weighted by atomic mass is 16.7. The second-order valence-corrected chi connectivity index (χ2v) is 7.00. The summed E-state index contributed by atoms with van der Waals surface area (Å²) in [4.78, 5) is 5.98. The van der Waals surface area contributed by atoms with E-state index in [0.717, 1.165) is 6.54 Å². The molecule has 1 saturated heterocycles. The molecule has 0 aromatic carbocycles. The van der Waals surface area contributed by atoms with E-state index in [2.05, 4.69) is 5.32 Å². The highest BCUT2D eigenvalue weighted by Crippen LogP contribution is 2.19. The number of hydrogen-bond donors (Lipinski definition) is 1. The standard InChI is InChI=1S/C14H30N2O3/c1-13(2,3)18-10-12-16(19-14(4,5)6)8-11(15-7)9-17-12/h11-12,15H,8-10H2,1-7H3. The Morgan fingerprint density at radius 1 is 1.16 bits per heavy atom. The lowest BCUT2D eigenvalue weighted by molar-refractivity contribution is -0.328. The van der Waals surface area contributed by atoms with Crippen molar-refractivity contribution in [3.05, 3.63) is 0 Å². The van der Waals surface area contributed by atoms with Gasteiger partial charge >= 0.3 is 0 Å². The fraction of sp³-hybridized carbons (Fsp3) is 1.00. The van der Waals surface area contributed by atoms with Crippen molar-refractivity contribution >= 4 is 0 Å². The van der Waals surface area contributed by atoms with Gasteiger partial charge in [-0.25, -0.2) is 0 Å². The Labute approximate surface area is 117 Å². The smallest absolute Gasteiger partial charge is 0.156 e. The molecule has 2 unspecified atom stereocenters. The third-order valence-corrected chi connectivity index (χ3v) is 2.67. The second kappa shape index (κ2) is 6.50. The summed E-state index contributed by atoms with van der Waals surface area (Å²) in [7, 11) is 1.94. The number of rotatable bonds is 4. The highest BCUT2D eigenvalue weighted by molar-refractivity contribution is 4.76. The van der Waals surface area contributed by atoms with Crippen LogP contribution in [0.1, 0.15) is 41.5 Å². The van der Waals surface area contributed by atoms with Crippen LogP contribution in [0.2, 0.25) is 0 Å². The van der Waals surface area contributed by atoms with Gasteiger partial charge in [0.25, 0.3) is 0 Å². The van der Waals surface area contributed by atoms with Crippen LogP contribution >= 0.6 is 0 Å². The fourth-order valence-corrected chi connectivity index (χ4v) is 1.77. The first-order chi connectivity index (χ1) is 8.61. The van der Waals surface area contributed by atoms with Gasteiger partial charge in [0.15, 0.2) is 6.23 Å². The molecule has 1 fully saturated rings. The third-order valence-electron chi connectivity index (χ3n) is 2.67. The molecule has 1 heterocycles. The number of ether oxygens (including phenoxy) is 2. The molecule has 1 aliphatic heterocycles. The van der Waals surface area contributed by atoms with E-state index in [1.165, 1.54) is 0 Å². The largest absolute Gasteiger partial charge is 0.372 e. The highest BCUT2D eigenvalue weighted by Gasteiger charge is 2.33. The summed E-state index contributed by atoms with van der Waals surface area (Å²) in [6.45, 7) is 14.2. The van der Waals surface area contributed by atoms with Crippen LogP contribution in [0.3, 0.4) is 0 Å². The second-order valence-electron chi connectivity index (χ2n) is 7.00. The average molecular weight is 274 g/mol. The lowest BCUT2D eigenvalue weighted by Gasteiger charge is -2.42. The minimum absolute atomic E-state index is 0.150. The van der Waals surface area contributed by atoms with E-state index >= 15 is 0 Å². The molecule has 0 spiro atoms. The van der Waals surface area contributed by atoms with Crippen molar-refractivity contribution < 1.29 is 14.3 Å². The summed E-state index contributed by atoms with van der Waals surface area (Å²) >= 11 is 0. The van der Waals surface area contributed by atoms with Crippen molar-refractivity contribution in [2.75, 3.05) is 26.8 Å². The molecule has 5 heteroatoms. The molecule has 0 bridgehead atoms. The lowest BCUT2D eigenvalue weighted by Crippen LogP contribution is -2.57. The van der Waals surface area contributed by atoms with Gasteiger partial charge in [0.1, 0.15) is 0 Å². The van der Waals surface area contributed by atoms with Crippen LogP contribution < -0.4 is 5.32 Å². The van der Waals surface area contributed by atoms with Crippen LogP contribution in [0.4, 0.5) is 0 Å². The van der Waals surface area contributed by atoms with E-state index in [4.69, 9.17) is 14.3 Å². The number of likely N-dealkylation sites (N-methyl/N-ethyl adjacent to an activating group) is 1. The molecule has 0 aliphatic carbocycles. The monoisotopic (exact) mass is 274 g/mol. The van der Waals surface area contributed by atoms with E-state index in [9.17, 15) is 0 Å². The zero-order valence-electron chi connectivity index (χ0n) is 13.4. The van der Waals surface area contributed by atoms with Gasteiger partial charge in [0, 0.05) is 12.6 Å². The van der Waals surface area contributed by atoms with Gasteiger partial charge in [-0.05, 0) is 48.6 Å². The molecule has 1 rings (SSSR count). The molecule has 0 saturated carbocycles. The van der Waals surface area contributed by atoms with Crippen LogP contribution in [0.15, 0.2) is 0 Å². The normalized spacial score (nSPS) is 26.7. The maximum absolute atomic E-state index is 5.98. The van der Waals surface area contributed by atoms with Crippen LogP contribution in [-0.4, -0.2) is 55.3 Å². The molecule has 0 radical (unpaired) electrons. The number of hydrogen-bond acceptors (Lipinski definition) is 5. The predicted molar refractivity (Wildman–Crippen MR) is 75.8 cm³/mol. The Bertz CT molecular complexity index is 271. The summed E-state index contributed by atoms with van der Waals surface area (Å²) in [5.41, 5.74) is -0.407. The van der Waals surface area contributed by atoms with Gasteiger partial charge in [-0.1, -0.05) is 0 Å². The predicted octanol–water partition coefficient (Wildman–Crippen LogP) is 1.78. The Hall–Kier alpha value is -0.200. The molecule has 19 heavy (non-hydrogen) atoms. The first kappa shape index (κ1) is 16.9. The van der Waals surface area contributed by atoms with Gasteiger partial charge in [-0.3, -0.25) is 4.84 Å². The van der Waals surface area contributed by atoms with E-state index in [-0.39, 0.29) is 23.5 Å². The van der Waals surface area contributed by atoms with E-state index in [1.807, 2.05) is 53.7 Å². The van der Waals surface area contributed by atoms with Gasteiger partial charge in [0.05, 0.1) is 24.4 Å². The molecule has 1 aliphatic rings. The van der Waals surface area contributed by atoms with Crippen LogP contribution in [0.5, 0.6) is 0 Å². The lowest BCUT2D eigenvalue weighted by atomic mass is 10.2. The first-order valence-corrected chi connectivity index (χ1v) is 6.99. The Morgan fingerprint density at radius 2 is 1.79 bits per heavy atom. The Kier molecular flexibility index (Phi) is 5.77. The van der Waals surface area contributed by atoms with Crippen molar-refractivity contribution in [2.45, 2.75) is 65.0 Å². The number of hydroxylamine groups is 2. The maximum Gasteiger partial charge on any atom is 0.156 e. The fourth-order valence-electron chi connectivity index (χ4n) is 1.77. The summed E-state index contributed by atoms with van der Waals surface area (Å²) in [6, 6.07) is 0.285. The van der Waals surface area contributed by atoms with Gasteiger partial charge in [-0.15, -0.1) is 0 Å². The first-order valence-electron chi connectivity index (χ1n) is 6.99. The zero-order chi connectivity index (χ0) is 14.7. The molecular weight excluding hydrogens is 244 g/mol. The van der Waals surface area contributed by atoms with Gasteiger partial charge < -0.3 is 14.8 Å². The summed E-state index contributed by atoms with van der Waals surface area (Å²) < 4.78 is 11.7. The van der Waals surface area contributed by atoms with Gasteiger partial charge in [0.2, 0.25) is 0 Å². The van der Waals surface area contributed by atoms with E-state index < -0.39 is 0 Å². The molecular formula is C14H30N2O3. The van der Waals surface area contributed by atoms with Crippen molar-refractivity contribution in [3.8, 4) is 0 Å². The molecule has 0 aromatic rings. The zero-order valence-corrected chi connectivity index (χ0v) is 13.4. The number of nitrogens with one attached hydrogen (secondary N) is 1. The SMILES string of the molecule is CNC1COC(COC(C)(C)C)N(OC(C)(C)C)C1. The number of nitrogens with zero attached hydrogens (tertiary/aromatic N) is 1. The maximum atomic E-state index is 5.98. The molecule has 1 N–H and O–H groups in total. The van der Waals surface area contributed by atoms with Crippen molar-refractivity contribution in [1.29, 1.82) is 0 Å². The third kappa shape index (κ3) is 6.68. The summed E-state index contributed by atoms with van der Waals surface area (Å²) in [6.07, 6.45) is -0.150. The van der Waals surface area contributed by atoms with E-state index in [1.54, 1.807) is 0 Å². The van der Waals surface area contributed by atoms with Crippen molar-refractivity contribution in [1.82, 2.24) is 10.4 Å². The minimum atomic E-state index is -0.237. The summed E-state index contributed by atoms with van der Waals surface area (Å²) in [5, 5.41) is 5.12. The van der Waals surface area contributed by atoms with Gasteiger partial charge in [-0.2, -0.15) is 5.06 Å². The Morgan fingerprint density at radius 3 is 2.26 bits per heavy atom. The molecule has 0 amide bonds. The summed E-state index contributed by atoms with van der Waals surface area (Å²) in [5.74, 6) is 0. The average Bonchev–Trinajstić information content (AvgIpc) is 2.24. The molecule has 2 atom stereocenters. The quantitative estimate of drug-likeness (QED) is 0.846. The minimum Gasteiger partial charge on any atom is -0.372 e. The Balaban J connectivity index is 2.60. The molecule has 114 valence electrons. The molecule has 5 nitrogen and oxygen atoms in total. The van der Waals surface area contributed by atoms with Crippen LogP contribution in [0, 0.1) is 0 Å². The van der Waals surface area contributed by atoms with Crippen LogP contribution in [-0.2, 0) is 14.3 Å². The topological polar surface area (TPSA) is 43.0 Å². The van der Waals surface area contributed by atoms with E-state index in [0.29, 0.717) is 13.2 Å². The van der Waals surface area contributed by atoms with Crippen molar-refractivity contribution in [2.24, 2.45) is 0 Å².